The molecule has 26 heavy (non-hydrogen) atoms. The molecule has 0 aliphatic heterocycles. The quantitative estimate of drug-likeness (QED) is 0.745. The monoisotopic (exact) mass is 370 g/mol. The van der Waals surface area contributed by atoms with Gasteiger partial charge in [0.05, 0.1) is 16.1 Å². The summed E-state index contributed by atoms with van der Waals surface area (Å²) in [6.45, 7) is 10.8. The average Bonchev–Trinajstić information content (AvgIpc) is 3.03. The van der Waals surface area contributed by atoms with Crippen LogP contribution in [0.3, 0.4) is 0 Å². The van der Waals surface area contributed by atoms with Crippen LogP contribution in [0.5, 0.6) is 0 Å². The van der Waals surface area contributed by atoms with E-state index in [2.05, 4.69) is 38.1 Å². The maximum atomic E-state index is 13.1. The third-order valence-electron chi connectivity index (χ3n) is 4.55. The average molecular weight is 371 g/mol. The van der Waals surface area contributed by atoms with E-state index < -0.39 is 0 Å². The fourth-order valence-corrected chi connectivity index (χ4v) is 4.13. The Morgan fingerprint density at radius 3 is 2.35 bits per heavy atom. The second-order valence-electron chi connectivity index (χ2n) is 7.56. The lowest BCUT2D eigenvalue weighted by molar-refractivity contribution is 0.419. The Bertz CT molecular complexity index is 974. The summed E-state index contributed by atoms with van der Waals surface area (Å²) < 4.78 is 3.73. The minimum absolute atomic E-state index is 0.0283. The molecule has 0 bridgehead atoms. The second-order valence-corrected chi connectivity index (χ2v) is 8.51. The molecule has 0 spiro atoms. The third-order valence-corrected chi connectivity index (χ3v) is 6.07. The van der Waals surface area contributed by atoms with E-state index in [9.17, 15) is 4.79 Å². The SMILES string of the molecule is Cc1nn(C)c(C)c1CNc1c(-c2ccccc2)sn(C(C)(C)C)c1=O. The minimum atomic E-state index is -0.259. The highest BCUT2D eigenvalue weighted by molar-refractivity contribution is 7.11. The Balaban J connectivity index is 2.05. The zero-order valence-corrected chi connectivity index (χ0v) is 17.1. The van der Waals surface area contributed by atoms with Crippen molar-refractivity contribution in [2.45, 2.75) is 46.7 Å². The van der Waals surface area contributed by atoms with Crippen LogP contribution in [-0.2, 0) is 19.1 Å². The van der Waals surface area contributed by atoms with Crippen LogP contribution in [0.4, 0.5) is 5.69 Å². The molecule has 0 aliphatic carbocycles. The summed E-state index contributed by atoms with van der Waals surface area (Å²) in [6.07, 6.45) is 0. The standard InChI is InChI=1S/C20H26N4OS/c1-13-16(14(2)23(6)22-13)12-21-17-18(15-10-8-7-9-11-15)26-24(19(17)25)20(3,4)5/h7-11,21H,12H2,1-6H3. The van der Waals surface area contributed by atoms with Crippen molar-refractivity contribution in [3.63, 3.8) is 0 Å². The van der Waals surface area contributed by atoms with Crippen LogP contribution in [-0.4, -0.2) is 13.7 Å². The van der Waals surface area contributed by atoms with Gasteiger partial charge in [-0.15, -0.1) is 0 Å². The van der Waals surface area contributed by atoms with Crippen LogP contribution < -0.4 is 10.9 Å². The number of nitrogens with zero attached hydrogens (tertiary/aromatic N) is 3. The van der Waals surface area contributed by atoms with Gasteiger partial charge in [0.1, 0.15) is 5.69 Å². The predicted octanol–water partition coefficient (Wildman–Crippen LogP) is 4.29. The van der Waals surface area contributed by atoms with E-state index in [1.54, 1.807) is 0 Å². The second kappa shape index (κ2) is 6.76. The molecule has 3 aromatic rings. The molecule has 0 amide bonds. The first-order valence-corrected chi connectivity index (χ1v) is 9.52. The highest BCUT2D eigenvalue weighted by atomic mass is 32.1. The Morgan fingerprint density at radius 2 is 1.81 bits per heavy atom. The predicted molar refractivity (Wildman–Crippen MR) is 109 cm³/mol. The van der Waals surface area contributed by atoms with Gasteiger partial charge in [0.15, 0.2) is 0 Å². The number of aromatic nitrogens is 3. The lowest BCUT2D eigenvalue weighted by Crippen LogP contribution is -2.30. The van der Waals surface area contributed by atoms with Crippen LogP contribution in [0.25, 0.3) is 10.4 Å². The molecule has 0 atom stereocenters. The van der Waals surface area contributed by atoms with Gasteiger partial charge in [-0.25, -0.2) is 0 Å². The molecular weight excluding hydrogens is 344 g/mol. The van der Waals surface area contributed by atoms with Crippen molar-refractivity contribution in [2.75, 3.05) is 5.32 Å². The van der Waals surface area contributed by atoms with Crippen molar-refractivity contribution >= 4 is 17.2 Å². The number of hydrogen-bond donors (Lipinski definition) is 1. The Hall–Kier alpha value is -2.34. The molecule has 0 unspecified atom stereocenters. The summed E-state index contributed by atoms with van der Waals surface area (Å²) in [5, 5.41) is 7.87. The molecule has 0 aliphatic rings. The summed E-state index contributed by atoms with van der Waals surface area (Å²) in [7, 11) is 1.94. The molecule has 1 N–H and O–H groups in total. The summed E-state index contributed by atoms with van der Waals surface area (Å²) in [6, 6.07) is 10.1. The molecule has 0 saturated heterocycles. The van der Waals surface area contributed by atoms with Crippen molar-refractivity contribution in [3.05, 3.63) is 57.6 Å². The van der Waals surface area contributed by atoms with Gasteiger partial charge < -0.3 is 5.32 Å². The lowest BCUT2D eigenvalue weighted by atomic mass is 10.1. The van der Waals surface area contributed by atoms with Crippen LogP contribution in [0, 0.1) is 13.8 Å². The van der Waals surface area contributed by atoms with Crippen molar-refractivity contribution in [1.82, 2.24) is 13.7 Å². The highest BCUT2D eigenvalue weighted by Crippen LogP contribution is 2.33. The zero-order chi connectivity index (χ0) is 19.1. The van der Waals surface area contributed by atoms with Crippen LogP contribution in [0.1, 0.15) is 37.7 Å². The maximum absolute atomic E-state index is 13.1. The molecule has 0 saturated carbocycles. The summed E-state index contributed by atoms with van der Waals surface area (Å²) in [5.74, 6) is 0. The van der Waals surface area contributed by atoms with Gasteiger partial charge in [-0.05, 0) is 40.2 Å². The largest absolute Gasteiger partial charge is 0.375 e. The number of rotatable bonds is 4. The molecule has 5 nitrogen and oxygen atoms in total. The molecule has 138 valence electrons. The molecular formula is C20H26N4OS. The van der Waals surface area contributed by atoms with Crippen molar-refractivity contribution in [1.29, 1.82) is 0 Å². The van der Waals surface area contributed by atoms with Crippen molar-refractivity contribution in [3.8, 4) is 10.4 Å². The normalized spacial score (nSPS) is 11.8. The molecule has 6 heteroatoms. The van der Waals surface area contributed by atoms with Crippen molar-refractivity contribution < 1.29 is 0 Å². The van der Waals surface area contributed by atoms with Crippen LogP contribution in [0.2, 0.25) is 0 Å². The van der Waals surface area contributed by atoms with Gasteiger partial charge in [0.25, 0.3) is 5.56 Å². The van der Waals surface area contributed by atoms with E-state index in [1.807, 2.05) is 52.9 Å². The minimum Gasteiger partial charge on any atom is -0.375 e. The highest BCUT2D eigenvalue weighted by Gasteiger charge is 2.24. The van der Waals surface area contributed by atoms with Gasteiger partial charge in [-0.3, -0.25) is 13.4 Å². The van der Waals surface area contributed by atoms with Crippen LogP contribution in [0.15, 0.2) is 35.1 Å². The fourth-order valence-electron chi connectivity index (χ4n) is 3.01. The smallest absolute Gasteiger partial charge is 0.285 e. The van der Waals surface area contributed by atoms with E-state index in [0.717, 1.165) is 27.4 Å². The Kier molecular flexibility index (Phi) is 4.80. The zero-order valence-electron chi connectivity index (χ0n) is 16.3. The van der Waals surface area contributed by atoms with Gasteiger partial charge in [0, 0.05) is 24.8 Å². The number of anilines is 1. The maximum Gasteiger partial charge on any atom is 0.285 e. The number of nitrogens with one attached hydrogen (secondary N) is 1. The van der Waals surface area contributed by atoms with E-state index in [4.69, 9.17) is 0 Å². The van der Waals surface area contributed by atoms with Crippen LogP contribution >= 0.6 is 11.5 Å². The number of hydrogen-bond acceptors (Lipinski definition) is 4. The Labute approximate surface area is 158 Å². The first kappa shape index (κ1) is 18.5. The summed E-state index contributed by atoms with van der Waals surface area (Å²) in [5.41, 5.74) is 4.73. The first-order chi connectivity index (χ1) is 12.2. The number of benzene rings is 1. The molecule has 2 aromatic heterocycles. The summed E-state index contributed by atoms with van der Waals surface area (Å²) in [4.78, 5) is 14.1. The van der Waals surface area contributed by atoms with Crippen molar-refractivity contribution in [2.24, 2.45) is 7.05 Å². The molecule has 3 rings (SSSR count). The topological polar surface area (TPSA) is 51.9 Å². The molecule has 2 heterocycles. The lowest BCUT2D eigenvalue weighted by Gasteiger charge is -2.18. The van der Waals surface area contributed by atoms with E-state index in [-0.39, 0.29) is 11.1 Å². The molecule has 0 radical (unpaired) electrons. The van der Waals surface area contributed by atoms with Gasteiger partial charge >= 0.3 is 0 Å². The first-order valence-electron chi connectivity index (χ1n) is 8.75. The third kappa shape index (κ3) is 3.33. The fraction of sp³-hybridized carbons (Fsp3) is 0.400. The van der Waals surface area contributed by atoms with Gasteiger partial charge in [-0.1, -0.05) is 41.9 Å². The molecule has 0 fully saturated rings. The molecule has 1 aromatic carbocycles. The van der Waals surface area contributed by atoms with E-state index in [0.29, 0.717) is 12.2 Å². The van der Waals surface area contributed by atoms with E-state index in [1.165, 1.54) is 11.5 Å². The van der Waals surface area contributed by atoms with E-state index >= 15 is 0 Å². The Morgan fingerprint density at radius 1 is 1.15 bits per heavy atom. The summed E-state index contributed by atoms with van der Waals surface area (Å²) >= 11 is 1.52. The van der Waals surface area contributed by atoms with Gasteiger partial charge in [0.2, 0.25) is 0 Å². The van der Waals surface area contributed by atoms with Gasteiger partial charge in [-0.2, -0.15) is 5.10 Å². The number of aryl methyl sites for hydroxylation is 2.